The van der Waals surface area contributed by atoms with Crippen LogP contribution in [0.4, 0.5) is 0 Å². The summed E-state index contributed by atoms with van der Waals surface area (Å²) in [6, 6.07) is 0. The number of hydroxylamine groups is 2. The van der Waals surface area contributed by atoms with Gasteiger partial charge in [-0.15, -0.1) is 5.06 Å². The Labute approximate surface area is 134 Å². The Hall–Kier alpha value is -1.52. The lowest BCUT2D eigenvalue weighted by Gasteiger charge is -2.11. The molecule has 0 bridgehead atoms. The van der Waals surface area contributed by atoms with Gasteiger partial charge in [-0.2, -0.15) is 0 Å². The molecule has 0 unspecified atom stereocenters. The molecule has 8 nitrogen and oxygen atoms in total. The number of rotatable bonds is 8. The summed E-state index contributed by atoms with van der Waals surface area (Å²) >= 11 is 1.93. The largest absolute Gasteiger partial charge is 0.399 e. The number of ketones is 1. The molecule has 1 aliphatic heterocycles. The number of nitrogens with zero attached hydrogens (tertiary/aromatic N) is 1. The highest BCUT2D eigenvalue weighted by Crippen LogP contribution is 2.12. The van der Waals surface area contributed by atoms with Crippen LogP contribution < -0.4 is 5.32 Å². The van der Waals surface area contributed by atoms with Crippen LogP contribution in [0.1, 0.15) is 32.1 Å². The molecule has 1 aliphatic rings. The Morgan fingerprint density at radius 2 is 1.76 bits per heavy atom. The Kier molecular flexibility index (Phi) is 7.26. The number of hydrogen-bond acceptors (Lipinski definition) is 6. The van der Waals surface area contributed by atoms with Crippen LogP contribution in [0.15, 0.2) is 0 Å². The van der Waals surface area contributed by atoms with Crippen molar-refractivity contribution in [3.63, 3.8) is 0 Å². The van der Waals surface area contributed by atoms with Gasteiger partial charge in [0.25, 0.3) is 11.8 Å². The van der Waals surface area contributed by atoms with Crippen molar-refractivity contribution < 1.29 is 28.8 Å². The number of halogens is 1. The lowest BCUT2D eigenvalue weighted by Crippen LogP contribution is -2.34. The molecule has 0 aromatic carbocycles. The summed E-state index contributed by atoms with van der Waals surface area (Å²) in [7, 11) is 0. The molecule has 0 saturated carbocycles. The number of imide groups is 1. The number of unbranched alkanes of at least 4 members (excludes halogenated alkanes) is 1. The third-order valence-electron chi connectivity index (χ3n) is 2.68. The van der Waals surface area contributed by atoms with E-state index in [1.165, 1.54) is 0 Å². The van der Waals surface area contributed by atoms with Crippen molar-refractivity contribution in [3.8, 4) is 0 Å². The third-order valence-corrected chi connectivity index (χ3v) is 3.37. The molecule has 0 aliphatic carbocycles. The molecule has 1 rings (SSSR count). The topological polar surface area (TPSA) is 110 Å². The normalized spacial score (nSPS) is 14.2. The summed E-state index contributed by atoms with van der Waals surface area (Å²) in [6.45, 7) is 0.424. The molecular formula is C12H15IN2O6. The predicted molar refractivity (Wildman–Crippen MR) is 77.9 cm³/mol. The fourth-order valence-electron chi connectivity index (χ4n) is 1.58. The maximum absolute atomic E-state index is 11.5. The van der Waals surface area contributed by atoms with E-state index in [4.69, 9.17) is 0 Å². The summed E-state index contributed by atoms with van der Waals surface area (Å²) < 4.78 is 0.362. The molecule has 1 saturated heterocycles. The fraction of sp³-hybridized carbons (Fsp3) is 0.583. The van der Waals surface area contributed by atoms with Crippen molar-refractivity contribution in [2.45, 2.75) is 32.1 Å². The number of carbonyl (C=O) groups is 5. The molecule has 0 spiro atoms. The average Bonchev–Trinajstić information content (AvgIpc) is 2.78. The molecule has 3 amide bonds. The monoisotopic (exact) mass is 410 g/mol. The molecule has 1 N–H and O–H groups in total. The van der Waals surface area contributed by atoms with Crippen LogP contribution in [-0.4, -0.2) is 45.5 Å². The van der Waals surface area contributed by atoms with Gasteiger partial charge in [-0.1, -0.05) is 22.6 Å². The molecule has 1 heterocycles. The quantitative estimate of drug-likeness (QED) is 0.197. The number of hydrogen-bond donors (Lipinski definition) is 1. The molecule has 0 aromatic heterocycles. The second-order valence-electron chi connectivity index (χ2n) is 4.32. The van der Waals surface area contributed by atoms with Crippen molar-refractivity contribution in [1.29, 1.82) is 0 Å². The van der Waals surface area contributed by atoms with Gasteiger partial charge in [0.2, 0.25) is 11.7 Å². The van der Waals surface area contributed by atoms with Crippen LogP contribution in [0.5, 0.6) is 0 Å². The van der Waals surface area contributed by atoms with E-state index in [1.807, 2.05) is 22.6 Å². The van der Waals surface area contributed by atoms with Crippen LogP contribution in [0.25, 0.3) is 0 Å². The van der Waals surface area contributed by atoms with Crippen LogP contribution in [0.2, 0.25) is 0 Å². The van der Waals surface area contributed by atoms with E-state index in [1.54, 1.807) is 0 Å². The Morgan fingerprint density at radius 1 is 1.14 bits per heavy atom. The predicted octanol–water partition coefficient (Wildman–Crippen LogP) is -0.116. The summed E-state index contributed by atoms with van der Waals surface area (Å²) in [4.78, 5) is 60.8. The molecular weight excluding hydrogens is 395 g/mol. The van der Waals surface area contributed by atoms with Gasteiger partial charge < -0.3 is 10.2 Å². The Bertz CT molecular complexity index is 449. The molecule has 0 aromatic rings. The Morgan fingerprint density at radius 3 is 2.33 bits per heavy atom. The second kappa shape index (κ2) is 8.70. The molecule has 0 atom stereocenters. The number of amides is 3. The first-order valence-corrected chi connectivity index (χ1v) is 7.92. The SMILES string of the molecule is O=C(CI)NCCCCC(=O)C(=O)ON1C(=O)CCC1=O. The zero-order chi connectivity index (χ0) is 15.8. The van der Waals surface area contributed by atoms with E-state index in [-0.39, 0.29) is 25.2 Å². The van der Waals surface area contributed by atoms with Crippen molar-refractivity contribution in [1.82, 2.24) is 10.4 Å². The van der Waals surface area contributed by atoms with E-state index in [0.717, 1.165) is 0 Å². The summed E-state index contributed by atoms with van der Waals surface area (Å²) in [5.74, 6) is -3.35. The lowest BCUT2D eigenvalue weighted by molar-refractivity contribution is -0.197. The van der Waals surface area contributed by atoms with E-state index in [9.17, 15) is 24.0 Å². The summed E-state index contributed by atoms with van der Waals surface area (Å²) in [5.41, 5.74) is 0. The van der Waals surface area contributed by atoms with Crippen LogP contribution in [-0.2, 0) is 28.8 Å². The molecule has 9 heteroatoms. The van der Waals surface area contributed by atoms with E-state index in [0.29, 0.717) is 28.9 Å². The van der Waals surface area contributed by atoms with Crippen molar-refractivity contribution in [3.05, 3.63) is 0 Å². The lowest BCUT2D eigenvalue weighted by atomic mass is 10.2. The van der Waals surface area contributed by atoms with Crippen LogP contribution in [0, 0.1) is 0 Å². The molecule has 21 heavy (non-hydrogen) atoms. The maximum atomic E-state index is 11.5. The number of alkyl halides is 1. The summed E-state index contributed by atoms with van der Waals surface area (Å²) in [6.07, 6.45) is 0.850. The Balaban J connectivity index is 2.22. The van der Waals surface area contributed by atoms with Gasteiger partial charge in [-0.05, 0) is 12.8 Å². The fourth-order valence-corrected chi connectivity index (χ4v) is 1.85. The number of nitrogens with one attached hydrogen (secondary N) is 1. The average molecular weight is 410 g/mol. The van der Waals surface area contributed by atoms with Gasteiger partial charge in [-0.3, -0.25) is 19.2 Å². The van der Waals surface area contributed by atoms with Gasteiger partial charge >= 0.3 is 5.97 Å². The second-order valence-corrected chi connectivity index (χ2v) is 5.09. The first-order valence-electron chi connectivity index (χ1n) is 6.39. The van der Waals surface area contributed by atoms with Gasteiger partial charge in [0.05, 0.1) is 4.43 Å². The molecule has 1 fully saturated rings. The first-order chi connectivity index (χ1) is 9.95. The number of carbonyl (C=O) groups excluding carboxylic acids is 5. The van der Waals surface area contributed by atoms with E-state index >= 15 is 0 Å². The van der Waals surface area contributed by atoms with Gasteiger partial charge in [0.15, 0.2) is 0 Å². The maximum Gasteiger partial charge on any atom is 0.399 e. The molecule has 0 radical (unpaired) electrons. The van der Waals surface area contributed by atoms with E-state index in [2.05, 4.69) is 10.2 Å². The van der Waals surface area contributed by atoms with Crippen LogP contribution >= 0.6 is 22.6 Å². The minimum absolute atomic E-state index is 0.0171. The van der Waals surface area contributed by atoms with Crippen molar-refractivity contribution >= 4 is 52.1 Å². The smallest absolute Gasteiger partial charge is 0.355 e. The summed E-state index contributed by atoms with van der Waals surface area (Å²) in [5, 5.41) is 2.98. The minimum atomic E-state index is -1.21. The van der Waals surface area contributed by atoms with Gasteiger partial charge in [-0.25, -0.2) is 4.79 Å². The highest BCUT2D eigenvalue weighted by atomic mass is 127. The highest BCUT2D eigenvalue weighted by Gasteiger charge is 2.34. The molecule has 116 valence electrons. The first kappa shape index (κ1) is 17.5. The van der Waals surface area contributed by atoms with Crippen LogP contribution in [0.3, 0.4) is 0 Å². The van der Waals surface area contributed by atoms with Crippen molar-refractivity contribution in [2.75, 3.05) is 11.0 Å². The minimum Gasteiger partial charge on any atom is -0.355 e. The van der Waals surface area contributed by atoms with Crippen molar-refractivity contribution in [2.24, 2.45) is 0 Å². The zero-order valence-electron chi connectivity index (χ0n) is 11.2. The van der Waals surface area contributed by atoms with Gasteiger partial charge in [0.1, 0.15) is 0 Å². The standard InChI is InChI=1S/C12H15IN2O6/c13-7-9(17)14-6-2-1-3-8(16)12(20)21-15-10(18)4-5-11(15)19/h1-7H2,(H,14,17). The number of Topliss-reactive ketones (excluding diaryl/α,β-unsaturated/α-hetero) is 1. The third kappa shape index (κ3) is 5.78. The highest BCUT2D eigenvalue weighted by molar-refractivity contribution is 14.1. The zero-order valence-corrected chi connectivity index (χ0v) is 13.4. The van der Waals surface area contributed by atoms with E-state index < -0.39 is 23.6 Å². The van der Waals surface area contributed by atoms with Gasteiger partial charge in [0, 0.05) is 25.8 Å².